The van der Waals surface area contributed by atoms with Crippen molar-refractivity contribution in [2.75, 3.05) is 20.3 Å². The highest BCUT2D eigenvalue weighted by molar-refractivity contribution is 5.37. The van der Waals surface area contributed by atoms with Crippen molar-refractivity contribution in [2.45, 2.75) is 44.8 Å². The maximum Gasteiger partial charge on any atom is 0.122 e. The van der Waals surface area contributed by atoms with Gasteiger partial charge in [-0.05, 0) is 44.2 Å². The zero-order valence-electron chi connectivity index (χ0n) is 12.2. The second kappa shape index (κ2) is 6.92. The van der Waals surface area contributed by atoms with Crippen LogP contribution >= 0.6 is 0 Å². The van der Waals surface area contributed by atoms with Crippen LogP contribution in [0.3, 0.4) is 0 Å². The van der Waals surface area contributed by atoms with Gasteiger partial charge in [-0.15, -0.1) is 0 Å². The molecule has 3 nitrogen and oxygen atoms in total. The Kier molecular flexibility index (Phi) is 5.23. The number of ether oxygens (including phenoxy) is 2. The van der Waals surface area contributed by atoms with Gasteiger partial charge in [0.05, 0.1) is 13.2 Å². The number of para-hydroxylation sites is 1. The first-order valence-corrected chi connectivity index (χ1v) is 7.22. The minimum atomic E-state index is 0.301. The molecule has 0 bridgehead atoms. The van der Waals surface area contributed by atoms with Gasteiger partial charge in [0.25, 0.3) is 0 Å². The van der Waals surface area contributed by atoms with Crippen LogP contribution in [0.15, 0.2) is 24.3 Å². The van der Waals surface area contributed by atoms with E-state index in [0.717, 1.165) is 18.9 Å². The molecule has 1 aromatic rings. The van der Waals surface area contributed by atoms with E-state index < -0.39 is 0 Å². The molecule has 0 heterocycles. The SMILES string of the molecule is CCOC(C)CNC1CC(c2ccccc2OC)C1. The number of benzene rings is 1. The van der Waals surface area contributed by atoms with Crippen LogP contribution in [-0.4, -0.2) is 32.4 Å². The first kappa shape index (κ1) is 14.4. The Morgan fingerprint density at radius 3 is 2.74 bits per heavy atom. The summed E-state index contributed by atoms with van der Waals surface area (Å²) in [6, 6.07) is 8.98. The lowest BCUT2D eigenvalue weighted by atomic mass is 9.75. The van der Waals surface area contributed by atoms with Crippen molar-refractivity contribution in [3.63, 3.8) is 0 Å². The maximum atomic E-state index is 5.53. The van der Waals surface area contributed by atoms with E-state index in [4.69, 9.17) is 9.47 Å². The Hall–Kier alpha value is -1.06. The summed E-state index contributed by atoms with van der Waals surface area (Å²) >= 11 is 0. The molecule has 1 N–H and O–H groups in total. The van der Waals surface area contributed by atoms with E-state index in [2.05, 4.69) is 24.4 Å². The van der Waals surface area contributed by atoms with E-state index in [9.17, 15) is 0 Å². The van der Waals surface area contributed by atoms with Gasteiger partial charge in [0.2, 0.25) is 0 Å². The molecular formula is C16H25NO2. The van der Waals surface area contributed by atoms with E-state index in [-0.39, 0.29) is 0 Å². The molecule has 1 atom stereocenters. The van der Waals surface area contributed by atoms with Crippen LogP contribution in [0.1, 0.15) is 38.2 Å². The minimum absolute atomic E-state index is 0.301. The van der Waals surface area contributed by atoms with Crippen LogP contribution in [0.4, 0.5) is 0 Å². The molecule has 106 valence electrons. The van der Waals surface area contributed by atoms with E-state index in [1.54, 1.807) is 7.11 Å². The van der Waals surface area contributed by atoms with Gasteiger partial charge in [-0.1, -0.05) is 18.2 Å². The summed E-state index contributed by atoms with van der Waals surface area (Å²) < 4.78 is 11.0. The molecule has 0 aromatic heterocycles. The zero-order chi connectivity index (χ0) is 13.7. The summed E-state index contributed by atoms with van der Waals surface area (Å²) in [6.07, 6.45) is 2.69. The standard InChI is InChI=1S/C16H25NO2/c1-4-19-12(2)11-17-14-9-13(10-14)15-7-5-6-8-16(15)18-3/h5-8,12-14,17H,4,9-11H2,1-3H3. The quantitative estimate of drug-likeness (QED) is 0.820. The van der Waals surface area contributed by atoms with Gasteiger partial charge < -0.3 is 14.8 Å². The molecule has 1 aromatic carbocycles. The molecule has 19 heavy (non-hydrogen) atoms. The van der Waals surface area contributed by atoms with Gasteiger partial charge in [-0.25, -0.2) is 0 Å². The Morgan fingerprint density at radius 1 is 1.32 bits per heavy atom. The third kappa shape index (κ3) is 3.71. The van der Waals surface area contributed by atoms with E-state index in [1.807, 2.05) is 19.1 Å². The second-order valence-corrected chi connectivity index (χ2v) is 5.28. The predicted octanol–water partition coefficient (Wildman–Crippen LogP) is 2.96. The summed E-state index contributed by atoms with van der Waals surface area (Å²) in [5, 5.41) is 3.58. The number of hydrogen-bond acceptors (Lipinski definition) is 3. The molecular weight excluding hydrogens is 238 g/mol. The number of rotatable bonds is 7. The van der Waals surface area contributed by atoms with Crippen molar-refractivity contribution in [3.05, 3.63) is 29.8 Å². The summed E-state index contributed by atoms with van der Waals surface area (Å²) in [5.74, 6) is 1.66. The molecule has 1 aliphatic rings. The fourth-order valence-electron chi connectivity index (χ4n) is 2.72. The number of methoxy groups -OCH3 is 1. The molecule has 0 spiro atoms. The molecule has 1 fully saturated rings. The van der Waals surface area contributed by atoms with Crippen molar-refractivity contribution in [3.8, 4) is 5.75 Å². The largest absolute Gasteiger partial charge is 0.496 e. The monoisotopic (exact) mass is 263 g/mol. The third-order valence-corrected chi connectivity index (χ3v) is 3.86. The third-order valence-electron chi connectivity index (χ3n) is 3.86. The molecule has 1 unspecified atom stereocenters. The first-order valence-electron chi connectivity index (χ1n) is 7.22. The number of hydrogen-bond donors (Lipinski definition) is 1. The van der Waals surface area contributed by atoms with Crippen molar-refractivity contribution in [2.24, 2.45) is 0 Å². The summed E-state index contributed by atoms with van der Waals surface area (Å²) in [5.41, 5.74) is 1.35. The normalized spacial score (nSPS) is 23.7. The van der Waals surface area contributed by atoms with Crippen molar-refractivity contribution in [1.29, 1.82) is 0 Å². The highest BCUT2D eigenvalue weighted by Gasteiger charge is 2.31. The van der Waals surface area contributed by atoms with Crippen LogP contribution in [0.5, 0.6) is 5.75 Å². The molecule has 1 aliphatic carbocycles. The maximum absolute atomic E-state index is 5.53. The first-order chi connectivity index (χ1) is 9.24. The smallest absolute Gasteiger partial charge is 0.122 e. The lowest BCUT2D eigenvalue weighted by molar-refractivity contribution is 0.0702. The Balaban J connectivity index is 1.77. The van der Waals surface area contributed by atoms with Crippen molar-refractivity contribution >= 4 is 0 Å². The molecule has 0 aliphatic heterocycles. The Labute approximate surface area is 116 Å². The Morgan fingerprint density at radius 2 is 2.05 bits per heavy atom. The van der Waals surface area contributed by atoms with E-state index in [1.165, 1.54) is 18.4 Å². The summed E-state index contributed by atoms with van der Waals surface area (Å²) in [7, 11) is 1.75. The fraction of sp³-hybridized carbons (Fsp3) is 0.625. The molecule has 2 rings (SSSR count). The fourth-order valence-corrected chi connectivity index (χ4v) is 2.72. The van der Waals surface area contributed by atoms with Crippen molar-refractivity contribution < 1.29 is 9.47 Å². The topological polar surface area (TPSA) is 30.5 Å². The lowest BCUT2D eigenvalue weighted by Gasteiger charge is -2.37. The van der Waals surface area contributed by atoms with Crippen molar-refractivity contribution in [1.82, 2.24) is 5.32 Å². The minimum Gasteiger partial charge on any atom is -0.496 e. The average Bonchev–Trinajstić information content (AvgIpc) is 2.37. The highest BCUT2D eigenvalue weighted by atomic mass is 16.5. The van der Waals surface area contributed by atoms with Crippen LogP contribution in [0.2, 0.25) is 0 Å². The number of nitrogens with one attached hydrogen (secondary N) is 1. The molecule has 0 saturated heterocycles. The van der Waals surface area contributed by atoms with Crippen LogP contribution in [0.25, 0.3) is 0 Å². The van der Waals surface area contributed by atoms with Gasteiger partial charge in [0.15, 0.2) is 0 Å². The molecule has 0 radical (unpaired) electrons. The Bertz CT molecular complexity index is 388. The summed E-state index contributed by atoms with van der Waals surface area (Å²) in [6.45, 7) is 5.89. The highest BCUT2D eigenvalue weighted by Crippen LogP contribution is 2.40. The van der Waals surface area contributed by atoms with Gasteiger partial charge >= 0.3 is 0 Å². The van der Waals surface area contributed by atoms with Gasteiger partial charge in [0, 0.05) is 19.2 Å². The summed E-state index contributed by atoms with van der Waals surface area (Å²) in [4.78, 5) is 0. The van der Waals surface area contributed by atoms with Gasteiger partial charge in [0.1, 0.15) is 5.75 Å². The lowest BCUT2D eigenvalue weighted by Crippen LogP contribution is -2.43. The molecule has 1 saturated carbocycles. The van der Waals surface area contributed by atoms with Gasteiger partial charge in [-0.3, -0.25) is 0 Å². The molecule has 3 heteroatoms. The second-order valence-electron chi connectivity index (χ2n) is 5.28. The van der Waals surface area contributed by atoms with Crippen LogP contribution in [0, 0.1) is 0 Å². The zero-order valence-corrected chi connectivity index (χ0v) is 12.2. The van der Waals surface area contributed by atoms with Crippen LogP contribution < -0.4 is 10.1 Å². The predicted molar refractivity (Wildman–Crippen MR) is 77.8 cm³/mol. The molecule has 0 amide bonds. The average molecular weight is 263 g/mol. The van der Waals surface area contributed by atoms with Crippen LogP contribution in [-0.2, 0) is 4.74 Å². The van der Waals surface area contributed by atoms with E-state index in [0.29, 0.717) is 18.1 Å². The van der Waals surface area contributed by atoms with Gasteiger partial charge in [-0.2, -0.15) is 0 Å². The van der Waals surface area contributed by atoms with E-state index >= 15 is 0 Å².